The summed E-state index contributed by atoms with van der Waals surface area (Å²) >= 11 is 0. The van der Waals surface area contributed by atoms with E-state index in [1.165, 1.54) is 43.5 Å². The molecule has 0 fully saturated rings. The fourth-order valence-electron chi connectivity index (χ4n) is 5.99. The van der Waals surface area contributed by atoms with Crippen LogP contribution < -0.4 is 0 Å². The van der Waals surface area contributed by atoms with Crippen LogP contribution >= 0.6 is 0 Å². The van der Waals surface area contributed by atoms with Gasteiger partial charge in [0.15, 0.2) is 0 Å². The second kappa shape index (κ2) is 5.28. The van der Waals surface area contributed by atoms with E-state index < -0.39 is 0 Å². The first-order chi connectivity index (χ1) is 16.4. The van der Waals surface area contributed by atoms with Gasteiger partial charge in [-0.25, -0.2) is 0 Å². The Labute approximate surface area is 186 Å². The molecule has 3 heteroatoms. The van der Waals surface area contributed by atoms with Crippen molar-refractivity contribution in [2.24, 2.45) is 0 Å². The van der Waals surface area contributed by atoms with Crippen molar-refractivity contribution in [1.29, 1.82) is 0 Å². The van der Waals surface area contributed by atoms with E-state index in [1.54, 1.807) is 0 Å². The van der Waals surface area contributed by atoms with Crippen molar-refractivity contribution in [3.8, 4) is 0 Å². The molecular formula is C30H15NO2. The number of rotatable bonds is 0. The van der Waals surface area contributed by atoms with Gasteiger partial charge in [0.05, 0.1) is 16.6 Å². The maximum atomic E-state index is 6.36. The fraction of sp³-hybridized carbons (Fsp3) is 0. The van der Waals surface area contributed by atoms with Crippen LogP contribution in [0.3, 0.4) is 0 Å². The number of hydrogen-bond donors (Lipinski definition) is 0. The van der Waals surface area contributed by atoms with Crippen molar-refractivity contribution in [2.45, 2.75) is 0 Å². The average molecular weight is 421 g/mol. The van der Waals surface area contributed by atoms with Crippen LogP contribution in [0.15, 0.2) is 99.8 Å². The molecule has 0 saturated heterocycles. The van der Waals surface area contributed by atoms with E-state index in [9.17, 15) is 0 Å². The first kappa shape index (κ1) is 16.2. The lowest BCUT2D eigenvalue weighted by Gasteiger charge is -1.99. The van der Waals surface area contributed by atoms with Gasteiger partial charge in [-0.15, -0.1) is 0 Å². The Morgan fingerprint density at radius 1 is 0.424 bits per heavy atom. The molecule has 5 aromatic carbocycles. The van der Waals surface area contributed by atoms with Crippen molar-refractivity contribution in [3.05, 3.63) is 91.0 Å². The van der Waals surface area contributed by atoms with Crippen LogP contribution in [0.2, 0.25) is 0 Å². The molecule has 4 heterocycles. The molecule has 152 valence electrons. The third-order valence-corrected chi connectivity index (χ3v) is 7.30. The number of hydrogen-bond acceptors (Lipinski definition) is 2. The number of benzene rings is 5. The van der Waals surface area contributed by atoms with Gasteiger partial charge in [0.2, 0.25) is 0 Å². The Kier molecular flexibility index (Phi) is 2.59. The zero-order valence-electron chi connectivity index (χ0n) is 17.4. The highest BCUT2D eigenvalue weighted by Crippen LogP contribution is 2.46. The number of aromatic nitrogens is 1. The van der Waals surface area contributed by atoms with Crippen LogP contribution in [0.25, 0.3) is 82.0 Å². The van der Waals surface area contributed by atoms with E-state index in [1.807, 2.05) is 18.2 Å². The molecule has 9 aromatic rings. The molecule has 0 radical (unpaired) electrons. The van der Waals surface area contributed by atoms with Crippen molar-refractivity contribution >= 4 is 82.0 Å². The average Bonchev–Trinajstić information content (AvgIpc) is 3.58. The minimum absolute atomic E-state index is 0.919. The maximum absolute atomic E-state index is 6.36. The molecule has 33 heavy (non-hydrogen) atoms. The van der Waals surface area contributed by atoms with E-state index in [4.69, 9.17) is 8.83 Å². The largest absolute Gasteiger partial charge is 0.456 e. The van der Waals surface area contributed by atoms with Gasteiger partial charge in [-0.05, 0) is 36.4 Å². The molecule has 0 aliphatic carbocycles. The lowest BCUT2D eigenvalue weighted by molar-refractivity contribution is 0.669. The van der Waals surface area contributed by atoms with Crippen molar-refractivity contribution in [1.82, 2.24) is 4.40 Å². The highest BCUT2D eigenvalue weighted by molar-refractivity contribution is 6.35. The third kappa shape index (κ3) is 1.77. The van der Waals surface area contributed by atoms with E-state index in [0.29, 0.717) is 0 Å². The van der Waals surface area contributed by atoms with Gasteiger partial charge in [-0.3, -0.25) is 0 Å². The van der Waals surface area contributed by atoms with Crippen LogP contribution in [-0.4, -0.2) is 4.40 Å². The Balaban J connectivity index is 1.64. The molecule has 0 amide bonds. The maximum Gasteiger partial charge on any atom is 0.136 e. The fourth-order valence-corrected chi connectivity index (χ4v) is 5.99. The molecule has 0 atom stereocenters. The number of fused-ring (bicyclic) bond motifs is 13. The molecule has 4 aromatic heterocycles. The zero-order chi connectivity index (χ0) is 21.3. The molecule has 3 nitrogen and oxygen atoms in total. The van der Waals surface area contributed by atoms with E-state index >= 15 is 0 Å². The van der Waals surface area contributed by atoms with E-state index in [2.05, 4.69) is 77.2 Å². The first-order valence-corrected chi connectivity index (χ1v) is 11.2. The smallest absolute Gasteiger partial charge is 0.136 e. The number of furan rings is 2. The predicted octanol–water partition coefficient (Wildman–Crippen LogP) is 8.64. The van der Waals surface area contributed by atoms with E-state index in [-0.39, 0.29) is 0 Å². The Bertz CT molecular complexity index is 2240. The molecular weight excluding hydrogens is 406 g/mol. The summed E-state index contributed by atoms with van der Waals surface area (Å²) in [5, 5.41) is 9.57. The third-order valence-electron chi connectivity index (χ3n) is 7.30. The van der Waals surface area contributed by atoms with Gasteiger partial charge in [0.1, 0.15) is 22.3 Å². The summed E-state index contributed by atoms with van der Waals surface area (Å²) < 4.78 is 15.0. The van der Waals surface area contributed by atoms with E-state index in [0.717, 1.165) is 38.5 Å². The Morgan fingerprint density at radius 3 is 1.97 bits per heavy atom. The van der Waals surface area contributed by atoms with Crippen LogP contribution in [-0.2, 0) is 0 Å². The summed E-state index contributed by atoms with van der Waals surface area (Å²) in [5.74, 6) is 0. The second-order valence-corrected chi connectivity index (χ2v) is 8.94. The highest BCUT2D eigenvalue weighted by Gasteiger charge is 2.23. The molecule has 0 aliphatic heterocycles. The summed E-state index contributed by atoms with van der Waals surface area (Å²) in [6.07, 6.45) is 0. The van der Waals surface area contributed by atoms with Gasteiger partial charge in [-0.2, -0.15) is 0 Å². The van der Waals surface area contributed by atoms with Crippen LogP contribution in [0.4, 0.5) is 0 Å². The molecule has 0 N–H and O–H groups in total. The molecule has 0 saturated carbocycles. The van der Waals surface area contributed by atoms with Crippen LogP contribution in [0, 0.1) is 0 Å². The molecule has 0 unspecified atom stereocenters. The lowest BCUT2D eigenvalue weighted by Crippen LogP contribution is -1.79. The van der Waals surface area contributed by atoms with Gasteiger partial charge in [0.25, 0.3) is 0 Å². The molecule has 0 spiro atoms. The minimum Gasteiger partial charge on any atom is -0.456 e. The summed E-state index contributed by atoms with van der Waals surface area (Å²) in [6.45, 7) is 0. The minimum atomic E-state index is 0.919. The SMILES string of the molecule is c1ccc2c(c1)oc1cc3c4cc5oc6ccccc6c5c5c6ccccc6n(c3cc12)c45. The van der Waals surface area contributed by atoms with Gasteiger partial charge in [0, 0.05) is 43.1 Å². The van der Waals surface area contributed by atoms with Crippen LogP contribution in [0.5, 0.6) is 0 Å². The highest BCUT2D eigenvalue weighted by atomic mass is 16.3. The van der Waals surface area contributed by atoms with Gasteiger partial charge in [-0.1, -0.05) is 54.6 Å². The zero-order valence-corrected chi connectivity index (χ0v) is 17.4. The van der Waals surface area contributed by atoms with Crippen molar-refractivity contribution < 1.29 is 8.83 Å². The Morgan fingerprint density at radius 2 is 1.09 bits per heavy atom. The summed E-state index contributed by atoms with van der Waals surface area (Å²) in [7, 11) is 0. The molecule has 9 rings (SSSR count). The van der Waals surface area contributed by atoms with Crippen molar-refractivity contribution in [3.63, 3.8) is 0 Å². The summed E-state index contributed by atoms with van der Waals surface area (Å²) in [4.78, 5) is 0. The quantitative estimate of drug-likeness (QED) is 0.245. The van der Waals surface area contributed by atoms with Gasteiger partial charge >= 0.3 is 0 Å². The summed E-state index contributed by atoms with van der Waals surface area (Å²) in [6, 6.07) is 32.0. The standard InChI is InChI=1S/C30H15NO2/c1-4-10-22-17(8-1)29-28-18-9-3-6-12-25(18)33-27(28)15-21-19-14-26-20(13-23(19)31(22)30(21)29)16-7-2-5-11-24(16)32-26/h1-15H. The molecule has 0 bridgehead atoms. The van der Waals surface area contributed by atoms with Crippen molar-refractivity contribution in [2.75, 3.05) is 0 Å². The number of nitrogens with zero attached hydrogens (tertiary/aromatic N) is 1. The molecule has 0 aliphatic rings. The topological polar surface area (TPSA) is 30.7 Å². The Hall–Kier alpha value is -4.50. The predicted molar refractivity (Wildman–Crippen MR) is 136 cm³/mol. The summed E-state index contributed by atoms with van der Waals surface area (Å²) in [5.41, 5.74) is 7.37. The monoisotopic (exact) mass is 421 g/mol. The first-order valence-electron chi connectivity index (χ1n) is 11.2. The number of para-hydroxylation sites is 3. The van der Waals surface area contributed by atoms with Gasteiger partial charge < -0.3 is 13.2 Å². The lowest BCUT2D eigenvalue weighted by atomic mass is 10.0. The normalized spacial score (nSPS) is 12.8. The van der Waals surface area contributed by atoms with Crippen LogP contribution in [0.1, 0.15) is 0 Å². The second-order valence-electron chi connectivity index (χ2n) is 8.94.